The molecule has 1 fully saturated rings. The summed E-state index contributed by atoms with van der Waals surface area (Å²) in [5.41, 5.74) is 3.20. The lowest BCUT2D eigenvalue weighted by Gasteiger charge is -2.43. The monoisotopic (exact) mass is 179 g/mol. The highest BCUT2D eigenvalue weighted by atomic mass is 16.6. The number of aliphatic hydroxyl groups excluding tert-OH is 3. The lowest BCUT2D eigenvalue weighted by Crippen LogP contribution is -2.69. The Labute approximate surface area is 69.2 Å². The van der Waals surface area contributed by atoms with E-state index in [1.165, 1.54) is 6.92 Å². The molecule has 6 N–H and O–H groups in total. The average Bonchev–Trinajstić information content (AvgIpc) is 1.99. The van der Waals surface area contributed by atoms with Crippen LogP contribution < -0.4 is 5.73 Å². The second-order valence-corrected chi connectivity index (χ2v) is 2.99. The zero-order chi connectivity index (χ0) is 9.52. The van der Waals surface area contributed by atoms with E-state index in [2.05, 4.69) is 4.74 Å². The molecule has 0 radical (unpaired) electrons. The third-order valence-corrected chi connectivity index (χ3v) is 2.08. The summed E-state index contributed by atoms with van der Waals surface area (Å²) in [4.78, 5) is 0. The van der Waals surface area contributed by atoms with Gasteiger partial charge in [0.25, 0.3) is 0 Å². The Kier molecular flexibility index (Phi) is 2.39. The number of aliphatic hydroxyl groups is 4. The van der Waals surface area contributed by atoms with Crippen molar-refractivity contribution in [3.63, 3.8) is 0 Å². The fourth-order valence-electron chi connectivity index (χ4n) is 1.07. The van der Waals surface area contributed by atoms with Gasteiger partial charge < -0.3 is 25.2 Å². The minimum absolute atomic E-state index is 0.939. The summed E-state index contributed by atoms with van der Waals surface area (Å²) >= 11 is 0. The molecule has 6 nitrogen and oxygen atoms in total. The number of rotatable bonds is 0. The van der Waals surface area contributed by atoms with Crippen molar-refractivity contribution in [3.8, 4) is 0 Å². The molecule has 1 saturated heterocycles. The molecular formula is C6H13NO5. The maximum Gasteiger partial charge on any atom is 0.184 e. The molecule has 0 saturated carbocycles. The van der Waals surface area contributed by atoms with Crippen LogP contribution in [0.1, 0.15) is 6.92 Å². The van der Waals surface area contributed by atoms with Crippen LogP contribution in [0.15, 0.2) is 0 Å². The van der Waals surface area contributed by atoms with Gasteiger partial charge in [-0.05, 0) is 6.92 Å². The first-order valence-corrected chi connectivity index (χ1v) is 3.58. The summed E-state index contributed by atoms with van der Waals surface area (Å²) in [6, 6.07) is 0. The predicted molar refractivity (Wildman–Crippen MR) is 37.7 cm³/mol. The van der Waals surface area contributed by atoms with Gasteiger partial charge in [-0.1, -0.05) is 0 Å². The van der Waals surface area contributed by atoms with E-state index in [4.69, 9.17) is 15.9 Å². The molecule has 0 aromatic heterocycles. The van der Waals surface area contributed by atoms with E-state index in [-0.39, 0.29) is 0 Å². The van der Waals surface area contributed by atoms with Crippen molar-refractivity contribution in [1.82, 2.24) is 0 Å². The highest BCUT2D eigenvalue weighted by Gasteiger charge is 2.50. The molecule has 0 spiro atoms. The lowest BCUT2D eigenvalue weighted by atomic mass is 9.94. The smallest absolute Gasteiger partial charge is 0.184 e. The van der Waals surface area contributed by atoms with Crippen LogP contribution in [-0.4, -0.2) is 50.8 Å². The molecule has 1 aliphatic heterocycles. The molecule has 1 aliphatic rings. The molecule has 1 heterocycles. The molecule has 0 bridgehead atoms. The molecule has 6 heteroatoms. The minimum Gasteiger partial charge on any atom is -0.386 e. The summed E-state index contributed by atoms with van der Waals surface area (Å²) in [5, 5.41) is 36.5. The normalized spacial score (nSPS) is 55.5. The molecule has 0 aliphatic carbocycles. The Hall–Kier alpha value is -0.240. The van der Waals surface area contributed by atoms with Crippen molar-refractivity contribution in [2.24, 2.45) is 5.73 Å². The first kappa shape index (κ1) is 9.85. The van der Waals surface area contributed by atoms with Crippen molar-refractivity contribution in [1.29, 1.82) is 0 Å². The van der Waals surface area contributed by atoms with Gasteiger partial charge in [-0.2, -0.15) is 0 Å². The van der Waals surface area contributed by atoms with Crippen LogP contribution in [-0.2, 0) is 4.74 Å². The molecule has 0 aromatic carbocycles. The quantitative estimate of drug-likeness (QED) is 0.255. The SMILES string of the molecule is C[C@H]1O[C@@H](O)[C@H](O)[C@H](O)[C@]1(N)O. The molecule has 72 valence electrons. The molecule has 0 unspecified atom stereocenters. The topological polar surface area (TPSA) is 116 Å². The number of hydrogen-bond donors (Lipinski definition) is 5. The molecule has 5 atom stereocenters. The van der Waals surface area contributed by atoms with Crippen molar-refractivity contribution in [2.45, 2.75) is 37.3 Å². The Morgan fingerprint density at radius 1 is 1.33 bits per heavy atom. The summed E-state index contributed by atoms with van der Waals surface area (Å²) in [6.45, 7) is 1.39. The van der Waals surface area contributed by atoms with E-state index in [0.29, 0.717) is 0 Å². The van der Waals surface area contributed by atoms with E-state index >= 15 is 0 Å². The van der Waals surface area contributed by atoms with Gasteiger partial charge in [0.05, 0.1) is 0 Å². The van der Waals surface area contributed by atoms with Crippen LogP contribution >= 0.6 is 0 Å². The van der Waals surface area contributed by atoms with Crippen LogP contribution in [0, 0.1) is 0 Å². The van der Waals surface area contributed by atoms with Crippen LogP contribution in [0.3, 0.4) is 0 Å². The van der Waals surface area contributed by atoms with Gasteiger partial charge in [-0.3, -0.25) is 5.73 Å². The Bertz CT molecular complexity index is 173. The summed E-state index contributed by atoms with van der Waals surface area (Å²) in [7, 11) is 0. The van der Waals surface area contributed by atoms with E-state index in [9.17, 15) is 10.2 Å². The largest absolute Gasteiger partial charge is 0.386 e. The number of nitrogens with two attached hydrogens (primary N) is 1. The van der Waals surface area contributed by atoms with E-state index in [0.717, 1.165) is 0 Å². The van der Waals surface area contributed by atoms with Crippen LogP contribution in [0.5, 0.6) is 0 Å². The standard InChI is InChI=1S/C6H13NO5/c1-2-6(7,11)4(9)3(8)5(10)12-2/h2-5,8-11H,7H2,1H3/t2-,3-,4+,5-,6-/m1/s1. The molecular weight excluding hydrogens is 166 g/mol. The zero-order valence-electron chi connectivity index (χ0n) is 6.58. The lowest BCUT2D eigenvalue weighted by molar-refractivity contribution is -0.310. The van der Waals surface area contributed by atoms with E-state index in [1.807, 2.05) is 0 Å². The molecule has 12 heavy (non-hydrogen) atoms. The number of ether oxygens (including phenoxy) is 1. The van der Waals surface area contributed by atoms with Gasteiger partial charge in [0, 0.05) is 0 Å². The zero-order valence-corrected chi connectivity index (χ0v) is 6.58. The van der Waals surface area contributed by atoms with Crippen LogP contribution in [0.4, 0.5) is 0 Å². The first-order valence-electron chi connectivity index (χ1n) is 3.58. The highest BCUT2D eigenvalue weighted by Crippen LogP contribution is 2.24. The van der Waals surface area contributed by atoms with E-state index < -0.39 is 30.3 Å². The second-order valence-electron chi connectivity index (χ2n) is 2.99. The summed E-state index contributed by atoms with van der Waals surface area (Å²) in [5.74, 6) is 0. The van der Waals surface area contributed by atoms with Gasteiger partial charge in [0.1, 0.15) is 18.3 Å². The molecule has 0 amide bonds. The van der Waals surface area contributed by atoms with Gasteiger partial charge in [-0.25, -0.2) is 0 Å². The van der Waals surface area contributed by atoms with Gasteiger partial charge >= 0.3 is 0 Å². The second kappa shape index (κ2) is 2.91. The highest BCUT2D eigenvalue weighted by molar-refractivity contribution is 4.95. The fourth-order valence-corrected chi connectivity index (χ4v) is 1.07. The molecule has 0 aromatic rings. The maximum absolute atomic E-state index is 9.33. The molecule has 1 rings (SSSR count). The average molecular weight is 179 g/mol. The fraction of sp³-hybridized carbons (Fsp3) is 1.00. The first-order chi connectivity index (χ1) is 5.37. The number of hydrogen-bond acceptors (Lipinski definition) is 6. The van der Waals surface area contributed by atoms with Gasteiger partial charge in [0.15, 0.2) is 12.0 Å². The van der Waals surface area contributed by atoms with Gasteiger partial charge in [-0.15, -0.1) is 0 Å². The van der Waals surface area contributed by atoms with E-state index in [1.54, 1.807) is 0 Å². The van der Waals surface area contributed by atoms with Crippen molar-refractivity contribution >= 4 is 0 Å². The van der Waals surface area contributed by atoms with Crippen molar-refractivity contribution in [3.05, 3.63) is 0 Å². The predicted octanol–water partition coefficient (Wildman–Crippen LogP) is -2.91. The van der Waals surface area contributed by atoms with Crippen LogP contribution in [0.2, 0.25) is 0 Å². The van der Waals surface area contributed by atoms with Crippen molar-refractivity contribution < 1.29 is 25.2 Å². The minimum atomic E-state index is -2.03. The third-order valence-electron chi connectivity index (χ3n) is 2.08. The summed E-state index contributed by atoms with van der Waals surface area (Å²) < 4.78 is 4.65. The van der Waals surface area contributed by atoms with Crippen LogP contribution in [0.25, 0.3) is 0 Å². The summed E-state index contributed by atoms with van der Waals surface area (Å²) in [6.07, 6.45) is -5.66. The Morgan fingerprint density at radius 3 is 2.33 bits per heavy atom. The maximum atomic E-state index is 9.33. The Morgan fingerprint density at radius 2 is 1.83 bits per heavy atom. The Balaban J connectivity index is 2.80. The van der Waals surface area contributed by atoms with Crippen molar-refractivity contribution in [2.75, 3.05) is 0 Å². The third kappa shape index (κ3) is 1.33. The van der Waals surface area contributed by atoms with Gasteiger partial charge in [0.2, 0.25) is 0 Å².